The van der Waals surface area contributed by atoms with Gasteiger partial charge >= 0.3 is 11.9 Å². The Labute approximate surface area is 339 Å². The molecule has 20 nitrogen and oxygen atoms in total. The first kappa shape index (κ1) is 48.4. The van der Waals surface area contributed by atoms with E-state index in [4.69, 9.17) is 11.5 Å². The Bertz CT molecular complexity index is 1800. The number of H-pyrrole nitrogens is 1. The Morgan fingerprint density at radius 1 is 0.741 bits per heavy atom. The summed E-state index contributed by atoms with van der Waals surface area (Å²) in [7, 11) is 0. The van der Waals surface area contributed by atoms with Crippen LogP contribution in [0.3, 0.4) is 0 Å². The highest BCUT2D eigenvalue weighted by molar-refractivity contribution is 7.98. The van der Waals surface area contributed by atoms with Crippen LogP contribution >= 0.6 is 11.8 Å². The number of aromatic nitrogens is 1. The summed E-state index contributed by atoms with van der Waals surface area (Å²) < 4.78 is 0. The van der Waals surface area contributed by atoms with E-state index < -0.39 is 114 Å². The number of rotatable bonds is 25. The number of fused-ring (bicyclic) bond motifs is 1. The molecule has 1 aromatic heterocycles. The van der Waals surface area contributed by atoms with Crippen molar-refractivity contribution >= 4 is 76.0 Å². The Hall–Kier alpha value is -5.70. The first-order valence-electron chi connectivity index (χ1n) is 18.6. The number of benzene rings is 1. The van der Waals surface area contributed by atoms with E-state index in [2.05, 4.69) is 36.9 Å². The largest absolute Gasteiger partial charge is 0.481 e. The van der Waals surface area contributed by atoms with Crippen molar-refractivity contribution < 1.29 is 53.4 Å². The molecule has 0 spiro atoms. The number of hydrogen-bond acceptors (Lipinski definition) is 11. The predicted molar refractivity (Wildman–Crippen MR) is 214 cm³/mol. The molecular formula is C37H55N9O11S. The van der Waals surface area contributed by atoms with E-state index in [1.54, 1.807) is 20.0 Å². The molecule has 0 saturated heterocycles. The molecule has 0 aliphatic carbocycles. The smallest absolute Gasteiger partial charge is 0.326 e. The van der Waals surface area contributed by atoms with Crippen molar-refractivity contribution in [2.75, 3.05) is 18.6 Å². The highest BCUT2D eigenvalue weighted by Crippen LogP contribution is 2.19. The lowest BCUT2D eigenvalue weighted by atomic mass is 10.0. The van der Waals surface area contributed by atoms with Gasteiger partial charge in [0.15, 0.2) is 0 Å². The van der Waals surface area contributed by atoms with Gasteiger partial charge in [-0.05, 0) is 54.7 Å². The molecule has 0 unspecified atom stereocenters. The normalized spacial score (nSPS) is 14.3. The van der Waals surface area contributed by atoms with Crippen molar-refractivity contribution in [3.63, 3.8) is 0 Å². The summed E-state index contributed by atoms with van der Waals surface area (Å²) >= 11 is 1.44. The van der Waals surface area contributed by atoms with Crippen molar-refractivity contribution in [3.8, 4) is 0 Å². The minimum absolute atomic E-state index is 0.196. The number of hydrogen-bond donors (Lipinski definition) is 11. The van der Waals surface area contributed by atoms with Gasteiger partial charge in [0.1, 0.15) is 30.2 Å². The average molecular weight is 834 g/mol. The number of thioether (sulfide) groups is 1. The Kier molecular flexibility index (Phi) is 19.6. The molecule has 0 aliphatic heterocycles. The molecule has 0 bridgehead atoms. The summed E-state index contributed by atoms with van der Waals surface area (Å²) in [5, 5.41) is 34.2. The van der Waals surface area contributed by atoms with Gasteiger partial charge in [-0.25, -0.2) is 4.79 Å². The van der Waals surface area contributed by atoms with Gasteiger partial charge in [0.2, 0.25) is 41.4 Å². The Morgan fingerprint density at radius 3 is 1.90 bits per heavy atom. The van der Waals surface area contributed by atoms with Crippen LogP contribution in [-0.2, 0) is 49.6 Å². The van der Waals surface area contributed by atoms with E-state index in [0.29, 0.717) is 5.75 Å². The monoisotopic (exact) mass is 833 g/mol. The number of nitrogens with two attached hydrogens (primary N) is 2. The second-order valence-corrected chi connectivity index (χ2v) is 15.3. The van der Waals surface area contributed by atoms with E-state index >= 15 is 0 Å². The number of primary amides is 1. The van der Waals surface area contributed by atoms with Crippen LogP contribution in [0, 0.1) is 11.8 Å². The van der Waals surface area contributed by atoms with E-state index in [9.17, 15) is 53.4 Å². The van der Waals surface area contributed by atoms with Crippen molar-refractivity contribution in [1.29, 1.82) is 0 Å². The number of aliphatic carboxylic acids is 2. The molecule has 1 aromatic carbocycles. The minimum Gasteiger partial charge on any atom is -0.481 e. The second-order valence-electron chi connectivity index (χ2n) is 14.3. The number of amides is 7. The van der Waals surface area contributed by atoms with Crippen LogP contribution in [0.1, 0.15) is 58.9 Å². The van der Waals surface area contributed by atoms with Crippen LogP contribution in [0.15, 0.2) is 30.5 Å². The summed E-state index contributed by atoms with van der Waals surface area (Å²) in [6.07, 6.45) is 2.42. The van der Waals surface area contributed by atoms with Crippen molar-refractivity contribution in [1.82, 2.24) is 36.9 Å². The highest BCUT2D eigenvalue weighted by atomic mass is 32.2. The fourth-order valence-corrected chi connectivity index (χ4v) is 6.17. The zero-order valence-electron chi connectivity index (χ0n) is 33.1. The summed E-state index contributed by atoms with van der Waals surface area (Å²) in [6.45, 7) is 5.58. The van der Waals surface area contributed by atoms with Gasteiger partial charge in [0.05, 0.1) is 19.0 Å². The van der Waals surface area contributed by atoms with Gasteiger partial charge < -0.3 is 58.6 Å². The molecule has 0 saturated carbocycles. The molecule has 0 radical (unpaired) electrons. The number of aromatic amines is 1. The fourth-order valence-electron chi connectivity index (χ4n) is 5.70. The molecule has 6 atom stereocenters. The van der Waals surface area contributed by atoms with Crippen LogP contribution in [0.5, 0.6) is 0 Å². The molecule has 320 valence electrons. The van der Waals surface area contributed by atoms with Gasteiger partial charge in [-0.3, -0.25) is 38.4 Å². The number of carboxylic acid groups (broad SMARTS) is 2. The molecule has 1 heterocycles. The van der Waals surface area contributed by atoms with E-state index in [1.807, 2.05) is 30.5 Å². The topological polar surface area (TPSA) is 334 Å². The van der Waals surface area contributed by atoms with Crippen LogP contribution in [0.4, 0.5) is 0 Å². The first-order chi connectivity index (χ1) is 27.2. The van der Waals surface area contributed by atoms with Crippen molar-refractivity contribution in [2.45, 2.75) is 96.1 Å². The molecule has 21 heteroatoms. The first-order valence-corrected chi connectivity index (χ1v) is 20.0. The molecule has 13 N–H and O–H groups in total. The lowest BCUT2D eigenvalue weighted by Gasteiger charge is -2.27. The van der Waals surface area contributed by atoms with Crippen LogP contribution in [0.2, 0.25) is 0 Å². The zero-order chi connectivity index (χ0) is 43.7. The number of carbonyl (C=O) groups excluding carboxylic acids is 7. The van der Waals surface area contributed by atoms with Crippen LogP contribution in [-0.4, -0.2) is 123 Å². The highest BCUT2D eigenvalue weighted by Gasteiger charge is 2.34. The number of para-hydroxylation sites is 1. The van der Waals surface area contributed by atoms with Crippen molar-refractivity contribution in [2.24, 2.45) is 23.3 Å². The molecule has 2 rings (SSSR count). The van der Waals surface area contributed by atoms with Gasteiger partial charge in [-0.15, -0.1) is 0 Å². The summed E-state index contributed by atoms with van der Waals surface area (Å²) in [5.74, 6) is -9.44. The lowest BCUT2D eigenvalue weighted by Crippen LogP contribution is -2.59. The third-order valence-electron chi connectivity index (χ3n) is 8.94. The van der Waals surface area contributed by atoms with Gasteiger partial charge in [0.25, 0.3) is 0 Å². The summed E-state index contributed by atoms with van der Waals surface area (Å²) in [4.78, 5) is 117. The number of nitrogens with one attached hydrogen (secondary N) is 7. The van der Waals surface area contributed by atoms with E-state index in [-0.39, 0.29) is 25.7 Å². The lowest BCUT2D eigenvalue weighted by molar-refractivity contribution is -0.143. The van der Waals surface area contributed by atoms with Gasteiger partial charge in [-0.2, -0.15) is 11.8 Å². The number of carboxylic acids is 2. The van der Waals surface area contributed by atoms with Crippen molar-refractivity contribution in [3.05, 3.63) is 36.0 Å². The second kappa shape index (κ2) is 23.5. The third-order valence-corrected chi connectivity index (χ3v) is 9.58. The number of carbonyl (C=O) groups is 9. The van der Waals surface area contributed by atoms with E-state index in [0.717, 1.165) is 16.5 Å². The SMILES string of the molecule is CSCC[C@H](NC(=O)[C@@H](N)Cc1c[nH]c2ccccc12)C(=O)N[C@H](C(=O)NCC(=O)N[C@@H](CC(=O)O)C(=O)N[C@H](C(=O)N[C@@H](CCC(N)=O)C(=O)O)C(C)C)C(C)C. The predicted octanol–water partition coefficient (Wildman–Crippen LogP) is -1.53. The molecule has 2 aromatic rings. The maximum atomic E-state index is 13.5. The van der Waals surface area contributed by atoms with Crippen LogP contribution in [0.25, 0.3) is 10.9 Å². The molecule has 7 amide bonds. The third kappa shape index (κ3) is 15.7. The minimum atomic E-state index is -1.73. The fraction of sp³-hybridized carbons (Fsp3) is 0.541. The summed E-state index contributed by atoms with van der Waals surface area (Å²) in [5.41, 5.74) is 13.0. The van der Waals surface area contributed by atoms with Crippen LogP contribution < -0.4 is 43.4 Å². The molecule has 58 heavy (non-hydrogen) atoms. The molecular weight excluding hydrogens is 779 g/mol. The standard InChI is InChI=1S/C37H55N9O11S/c1-18(2)30(45-33(52)24(12-13-58-5)43-32(51)22(38)14-20-16-40-23-9-7-6-8-21(20)23)35(54)41-17-28(48)42-26(15-29(49)50)34(53)46-31(19(3)4)36(55)44-25(37(56)57)10-11-27(39)47/h6-9,16,18-19,22,24-26,30-31,40H,10-15,17,38H2,1-5H3,(H2,39,47)(H,41,54)(H,42,48)(H,43,51)(H,44,55)(H,45,52)(H,46,53)(H,49,50)(H,56,57)/t22-,24-,25-,26-,30-,31-/m0/s1. The maximum Gasteiger partial charge on any atom is 0.326 e. The quantitative estimate of drug-likeness (QED) is 0.0542. The molecule has 0 aliphatic rings. The molecule has 0 fully saturated rings. The maximum absolute atomic E-state index is 13.5. The average Bonchev–Trinajstić information content (AvgIpc) is 3.56. The van der Waals surface area contributed by atoms with E-state index in [1.165, 1.54) is 25.6 Å². The van der Waals surface area contributed by atoms with Gasteiger partial charge in [0, 0.05) is 23.5 Å². The Morgan fingerprint density at radius 2 is 1.33 bits per heavy atom. The summed E-state index contributed by atoms with van der Waals surface area (Å²) in [6, 6.07) is -0.326. The zero-order valence-corrected chi connectivity index (χ0v) is 33.9. The van der Waals surface area contributed by atoms with Gasteiger partial charge in [-0.1, -0.05) is 45.9 Å². The Balaban J connectivity index is 2.07.